The number of rotatable bonds is 2. The maximum absolute atomic E-state index is 9.43. The zero-order chi connectivity index (χ0) is 11.8. The van der Waals surface area contributed by atoms with Crippen molar-refractivity contribution in [2.45, 2.75) is 13.3 Å². The molecule has 78 valence electrons. The molecule has 0 radical (unpaired) electrons. The van der Waals surface area contributed by atoms with Crippen LogP contribution in [0.25, 0.3) is 0 Å². The van der Waals surface area contributed by atoms with E-state index in [0.29, 0.717) is 0 Å². The normalized spacial score (nSPS) is 8.19. The Morgan fingerprint density at radius 3 is 1.69 bits per heavy atom. The van der Waals surface area contributed by atoms with Gasteiger partial charge in [0.15, 0.2) is 0 Å². The topological polar surface area (TPSA) is 74.6 Å². The molecule has 0 saturated carbocycles. The van der Waals surface area contributed by atoms with Crippen molar-refractivity contribution in [3.05, 3.63) is 29.8 Å². The number of carbonyl (C=O) groups is 2. The van der Waals surface area contributed by atoms with E-state index < -0.39 is 18.4 Å². The van der Waals surface area contributed by atoms with E-state index >= 15 is 0 Å². The van der Waals surface area contributed by atoms with Gasteiger partial charge < -0.3 is 10.2 Å². The third-order valence-electron chi connectivity index (χ3n) is 1.52. The molecule has 0 amide bonds. The van der Waals surface area contributed by atoms with Gasteiger partial charge in [0.05, 0.1) is 0 Å². The van der Waals surface area contributed by atoms with Crippen LogP contribution in [0.2, 0.25) is 0 Å². The molecule has 1 rings (SSSR count). The second kappa shape index (κ2) is 10.5. The number of carboxylic acids is 2. The zero-order valence-electron chi connectivity index (χ0n) is 8.73. The Morgan fingerprint density at radius 1 is 1.12 bits per heavy atom. The molecule has 0 atom stereocenters. The van der Waals surface area contributed by atoms with Gasteiger partial charge in [-0.05, 0) is 0 Å². The third-order valence-corrected chi connectivity index (χ3v) is 1.52. The van der Waals surface area contributed by atoms with Gasteiger partial charge in [0.1, 0.15) is 6.42 Å². The van der Waals surface area contributed by atoms with Crippen LogP contribution in [0.15, 0.2) is 24.3 Å². The second-order valence-corrected chi connectivity index (χ2v) is 3.12. The summed E-state index contributed by atoms with van der Waals surface area (Å²) in [4.78, 5) is 18.9. The fourth-order valence-electron chi connectivity index (χ4n) is 0.766. The number of benzene rings is 1. The molecule has 4 nitrogen and oxygen atoms in total. The average Bonchev–Trinajstić information content (AvgIpc) is 2.09. The van der Waals surface area contributed by atoms with Crippen molar-refractivity contribution in [1.82, 2.24) is 0 Å². The van der Waals surface area contributed by atoms with Crippen molar-refractivity contribution < 1.29 is 19.8 Å². The van der Waals surface area contributed by atoms with E-state index in [1.165, 1.54) is 9.80 Å². The molecule has 0 spiro atoms. The Morgan fingerprint density at radius 2 is 1.50 bits per heavy atom. The summed E-state index contributed by atoms with van der Waals surface area (Å²) in [7, 11) is 0. The van der Waals surface area contributed by atoms with E-state index in [1.807, 2.05) is 0 Å². The van der Waals surface area contributed by atoms with Gasteiger partial charge in [0, 0.05) is 0 Å². The summed E-state index contributed by atoms with van der Waals surface area (Å²) >= 11 is 2.10. The quantitative estimate of drug-likeness (QED) is 0.551. The molecule has 2 N–H and O–H groups in total. The molecule has 0 saturated heterocycles. The summed E-state index contributed by atoms with van der Waals surface area (Å²) in [6, 6.07) is 8.48. The van der Waals surface area contributed by atoms with Crippen molar-refractivity contribution in [2.24, 2.45) is 0 Å². The van der Waals surface area contributed by atoms with Crippen LogP contribution in [-0.2, 0) is 9.59 Å². The minimum absolute atomic E-state index is 0. The number of carboxylic acid groups (broad SMARTS) is 2. The third kappa shape index (κ3) is 12.5. The van der Waals surface area contributed by atoms with Gasteiger partial charge >= 0.3 is 122 Å². The average molecular weight is 242 g/mol. The van der Waals surface area contributed by atoms with Crippen molar-refractivity contribution in [1.29, 1.82) is 0 Å². The summed E-state index contributed by atoms with van der Waals surface area (Å²) in [6.45, 7) is 2.10. The Balaban J connectivity index is 0. The molecule has 0 aliphatic heterocycles. The standard InChI is InChI=1S/C7H7.C3H4O4.K.Li.H/c1-7-5-3-2-4-6-7;4-2(5)1-3(6)7;;;/h3-6H,1H3;1H2,(H,4,5)(H,6,7);;;. The Hall–Kier alpha value is 0.394. The fraction of sp³-hybridized carbons (Fsp3) is 0.200. The van der Waals surface area contributed by atoms with Gasteiger partial charge in [-0.3, -0.25) is 9.59 Å². The first-order chi connectivity index (χ1) is 6.91. The van der Waals surface area contributed by atoms with Gasteiger partial charge in [-0.25, -0.2) is 0 Å². The predicted molar refractivity (Wildman–Crippen MR) is 63.6 cm³/mol. The zero-order valence-corrected chi connectivity index (χ0v) is 8.73. The van der Waals surface area contributed by atoms with Crippen LogP contribution in [0.1, 0.15) is 12.0 Å². The van der Waals surface area contributed by atoms with Crippen LogP contribution in [-0.4, -0.2) is 91.3 Å². The van der Waals surface area contributed by atoms with Crippen LogP contribution >= 0.6 is 0 Å². The van der Waals surface area contributed by atoms with Gasteiger partial charge in [0.2, 0.25) is 0 Å². The maximum atomic E-state index is 9.43. The Kier molecular flexibility index (Phi) is 12.4. The molecule has 6 heteroatoms. The summed E-state index contributed by atoms with van der Waals surface area (Å²) in [5.74, 6) is -2.62. The van der Waals surface area contributed by atoms with E-state index in [0.717, 1.165) is 0 Å². The molecule has 1 aromatic carbocycles. The molecule has 0 unspecified atom stereocenters. The number of hydrogen-bond donors (Lipinski definition) is 2. The summed E-state index contributed by atoms with van der Waals surface area (Å²) in [6.07, 6.45) is -0.806. The molecule has 0 aliphatic carbocycles. The van der Waals surface area contributed by atoms with Crippen LogP contribution in [0.4, 0.5) is 0 Å². The van der Waals surface area contributed by atoms with Crippen LogP contribution < -0.4 is 4.24 Å². The first-order valence-electron chi connectivity index (χ1n) is 4.38. The van der Waals surface area contributed by atoms with E-state index in [1.54, 1.807) is 0 Å². The molecule has 16 heavy (non-hydrogen) atoms. The second-order valence-electron chi connectivity index (χ2n) is 3.12. The van der Waals surface area contributed by atoms with E-state index in [9.17, 15) is 9.59 Å². The molecule has 0 heterocycles. The fourth-order valence-corrected chi connectivity index (χ4v) is 0.766. The summed E-state index contributed by atoms with van der Waals surface area (Å²) < 4.78 is 1.33. The summed E-state index contributed by atoms with van der Waals surface area (Å²) in [5.41, 5.74) is 1.33. The van der Waals surface area contributed by atoms with E-state index in [2.05, 4.69) is 48.9 Å². The van der Waals surface area contributed by atoms with E-state index in [-0.39, 0.29) is 51.4 Å². The Labute approximate surface area is 146 Å². The molecule has 0 bridgehead atoms. The van der Waals surface area contributed by atoms with Crippen molar-refractivity contribution in [3.63, 3.8) is 0 Å². The number of aliphatic carboxylic acids is 2. The monoisotopic (exact) mass is 242 g/mol. The number of hydrogen-bond acceptors (Lipinski definition) is 2. The molecular weight excluding hydrogens is 230 g/mol. The van der Waals surface area contributed by atoms with Gasteiger partial charge in [0.25, 0.3) is 0 Å². The first-order valence-corrected chi connectivity index (χ1v) is 4.38. The molecule has 0 fully saturated rings. The molecular formula is C10H12KLiO4. The molecule has 0 aromatic heterocycles. The minimum atomic E-state index is -1.31. The van der Waals surface area contributed by atoms with Crippen molar-refractivity contribution in [2.75, 3.05) is 0 Å². The summed E-state index contributed by atoms with van der Waals surface area (Å²) in [5, 5.41) is 15.4. The van der Waals surface area contributed by atoms with Gasteiger partial charge in [-0.2, -0.15) is 0 Å². The molecule has 0 aliphatic rings. The van der Waals surface area contributed by atoms with Gasteiger partial charge in [-0.15, -0.1) is 0 Å². The first kappa shape index (κ1) is 18.8. The Bertz CT molecular complexity index is 304. The molecule has 1 aromatic rings. The van der Waals surface area contributed by atoms with Crippen LogP contribution in [0, 0.1) is 6.92 Å². The van der Waals surface area contributed by atoms with Crippen molar-refractivity contribution >= 4 is 85.3 Å². The van der Waals surface area contributed by atoms with Crippen LogP contribution in [0.5, 0.6) is 0 Å². The van der Waals surface area contributed by atoms with E-state index in [4.69, 9.17) is 10.2 Å². The number of aryl methyl sites for hydroxylation is 1. The van der Waals surface area contributed by atoms with Gasteiger partial charge in [-0.1, -0.05) is 0 Å². The predicted octanol–water partition coefficient (Wildman–Crippen LogP) is -0.314. The van der Waals surface area contributed by atoms with Crippen LogP contribution in [0.3, 0.4) is 0 Å². The van der Waals surface area contributed by atoms with Crippen molar-refractivity contribution in [3.8, 4) is 0 Å². The SMILES string of the molecule is O=C(O)CC(=O)O.[KH].[Li][c]1ccc(C)cc1.